The van der Waals surface area contributed by atoms with Crippen LogP contribution in [0.15, 0.2) is 66.2 Å². The third kappa shape index (κ3) is 3.76. The van der Waals surface area contributed by atoms with Crippen molar-refractivity contribution in [3.63, 3.8) is 0 Å². The fourth-order valence-corrected chi connectivity index (χ4v) is 4.49. The minimum Gasteiger partial charge on any atom is -0.411 e. The Balaban J connectivity index is 1.54. The topological polar surface area (TPSA) is 121 Å². The van der Waals surface area contributed by atoms with Gasteiger partial charge in [-0.05, 0) is 42.7 Å². The van der Waals surface area contributed by atoms with Crippen LogP contribution in [0.5, 0.6) is 0 Å². The van der Waals surface area contributed by atoms with Gasteiger partial charge in [0, 0.05) is 34.9 Å². The number of rotatable bonds is 5. The van der Waals surface area contributed by atoms with E-state index in [1.807, 2.05) is 34.9 Å². The molecule has 32 heavy (non-hydrogen) atoms. The molecule has 2 aromatic heterocycles. The third-order valence-electron chi connectivity index (χ3n) is 5.32. The average molecular weight is 449 g/mol. The maximum absolute atomic E-state index is 11.5. The van der Waals surface area contributed by atoms with Crippen molar-refractivity contribution in [3.8, 4) is 11.3 Å². The summed E-state index contributed by atoms with van der Waals surface area (Å²) in [5.74, 6) is 0.764. The van der Waals surface area contributed by atoms with Gasteiger partial charge in [0.2, 0.25) is 10.0 Å². The summed E-state index contributed by atoms with van der Waals surface area (Å²) in [6.07, 6.45) is 7.86. The summed E-state index contributed by atoms with van der Waals surface area (Å²) in [6, 6.07) is 13.0. The van der Waals surface area contributed by atoms with E-state index in [9.17, 15) is 8.42 Å². The Kier molecular flexibility index (Phi) is 4.78. The molecule has 0 spiro atoms. The molecular weight excluding hydrogens is 428 g/mol. The van der Waals surface area contributed by atoms with E-state index in [1.54, 1.807) is 24.5 Å². The number of nitrogens with zero attached hydrogens (tertiary/aromatic N) is 4. The van der Waals surface area contributed by atoms with E-state index in [0.717, 1.165) is 47.3 Å². The number of imidazole rings is 1. The maximum Gasteiger partial charge on any atom is 0.229 e. The second-order valence-electron chi connectivity index (χ2n) is 7.61. The number of benzene rings is 2. The minimum absolute atomic E-state index is 0.483. The minimum atomic E-state index is -3.35. The van der Waals surface area contributed by atoms with E-state index >= 15 is 0 Å². The zero-order valence-corrected chi connectivity index (χ0v) is 18.0. The number of hydrogen-bond acceptors (Lipinski definition) is 7. The largest absolute Gasteiger partial charge is 0.411 e. The highest BCUT2D eigenvalue weighted by Gasteiger charge is 2.20. The molecule has 0 radical (unpaired) electrons. The SMILES string of the molecule is CS(=O)(=O)Nc1ccc(-c2nc3cnccn3c2Nc2ccc3c(c2)CC/C3=N\O)cc1. The van der Waals surface area contributed by atoms with Crippen LogP contribution in [-0.4, -0.2) is 40.0 Å². The van der Waals surface area contributed by atoms with Gasteiger partial charge < -0.3 is 10.5 Å². The van der Waals surface area contributed by atoms with Gasteiger partial charge in [-0.25, -0.2) is 13.4 Å². The summed E-state index contributed by atoms with van der Waals surface area (Å²) in [7, 11) is -3.35. The van der Waals surface area contributed by atoms with Gasteiger partial charge in [0.25, 0.3) is 0 Å². The molecule has 9 nitrogen and oxygen atoms in total. The van der Waals surface area contributed by atoms with Gasteiger partial charge in [-0.1, -0.05) is 23.4 Å². The monoisotopic (exact) mass is 448 g/mol. The molecule has 10 heteroatoms. The van der Waals surface area contributed by atoms with Crippen molar-refractivity contribution >= 4 is 38.6 Å². The van der Waals surface area contributed by atoms with Gasteiger partial charge in [0.05, 0.1) is 18.2 Å². The molecule has 0 saturated heterocycles. The molecular formula is C22H20N6O3S. The molecule has 0 bridgehead atoms. The van der Waals surface area contributed by atoms with Gasteiger partial charge in [-0.15, -0.1) is 0 Å². The maximum atomic E-state index is 11.5. The highest BCUT2D eigenvalue weighted by Crippen LogP contribution is 2.33. The van der Waals surface area contributed by atoms with Gasteiger partial charge in [-0.3, -0.25) is 14.1 Å². The third-order valence-corrected chi connectivity index (χ3v) is 5.93. The summed E-state index contributed by atoms with van der Waals surface area (Å²) in [5.41, 5.74) is 6.38. The molecule has 0 atom stereocenters. The quantitative estimate of drug-likeness (QED) is 0.317. The molecule has 3 N–H and O–H groups in total. The second kappa shape index (κ2) is 7.65. The number of fused-ring (bicyclic) bond motifs is 2. The van der Waals surface area contributed by atoms with Crippen molar-refractivity contribution in [2.75, 3.05) is 16.3 Å². The summed E-state index contributed by atoms with van der Waals surface area (Å²) in [6.45, 7) is 0. The van der Waals surface area contributed by atoms with E-state index < -0.39 is 10.0 Å². The Labute approximate surface area is 184 Å². The molecule has 0 fully saturated rings. The van der Waals surface area contributed by atoms with Crippen molar-refractivity contribution in [1.29, 1.82) is 0 Å². The molecule has 0 aliphatic heterocycles. The lowest BCUT2D eigenvalue weighted by atomic mass is 10.1. The number of nitrogens with one attached hydrogen (secondary N) is 2. The number of aromatic nitrogens is 3. The number of anilines is 3. The first-order valence-electron chi connectivity index (χ1n) is 9.93. The van der Waals surface area contributed by atoms with Crippen molar-refractivity contribution in [2.24, 2.45) is 5.16 Å². The van der Waals surface area contributed by atoms with Gasteiger partial charge >= 0.3 is 0 Å². The van der Waals surface area contributed by atoms with E-state index in [2.05, 4.69) is 26.2 Å². The lowest BCUT2D eigenvalue weighted by Gasteiger charge is -2.11. The number of oxime groups is 1. The molecule has 0 saturated carbocycles. The smallest absolute Gasteiger partial charge is 0.229 e. The Morgan fingerprint density at radius 1 is 1.09 bits per heavy atom. The van der Waals surface area contributed by atoms with Crippen LogP contribution >= 0.6 is 0 Å². The molecule has 162 valence electrons. The van der Waals surface area contributed by atoms with Gasteiger partial charge in [0.15, 0.2) is 5.65 Å². The molecule has 2 aromatic carbocycles. The van der Waals surface area contributed by atoms with Crippen LogP contribution in [0.3, 0.4) is 0 Å². The normalized spacial score (nSPS) is 14.6. The highest BCUT2D eigenvalue weighted by atomic mass is 32.2. The standard InChI is InChI=1S/C22H20N6O3S/c1-32(30,31)27-16-5-2-14(3-6-16)21-22(28-11-10-23-13-20(28)25-21)24-17-7-8-18-15(12-17)4-9-19(18)26-29/h2-3,5-8,10-13,24,27,29H,4,9H2,1H3/b26-19+. The molecule has 4 aromatic rings. The number of sulfonamides is 1. The molecule has 5 rings (SSSR count). The summed E-state index contributed by atoms with van der Waals surface area (Å²) in [4.78, 5) is 8.89. The van der Waals surface area contributed by atoms with E-state index in [4.69, 9.17) is 10.2 Å². The summed E-state index contributed by atoms with van der Waals surface area (Å²) >= 11 is 0. The van der Waals surface area contributed by atoms with Gasteiger partial charge in [-0.2, -0.15) is 0 Å². The fourth-order valence-electron chi connectivity index (χ4n) is 3.93. The van der Waals surface area contributed by atoms with E-state index in [0.29, 0.717) is 22.7 Å². The fraction of sp³-hybridized carbons (Fsp3) is 0.136. The average Bonchev–Trinajstić information content (AvgIpc) is 3.34. The van der Waals surface area contributed by atoms with Crippen LogP contribution in [0.2, 0.25) is 0 Å². The second-order valence-corrected chi connectivity index (χ2v) is 9.36. The van der Waals surface area contributed by atoms with Crippen molar-refractivity contribution in [1.82, 2.24) is 14.4 Å². The molecule has 1 aliphatic carbocycles. The zero-order valence-electron chi connectivity index (χ0n) is 17.1. The van der Waals surface area contributed by atoms with Crippen LogP contribution in [0.4, 0.5) is 17.2 Å². The van der Waals surface area contributed by atoms with Crippen LogP contribution in [0, 0.1) is 0 Å². The molecule has 0 unspecified atom stereocenters. The summed E-state index contributed by atoms with van der Waals surface area (Å²) < 4.78 is 27.4. The van der Waals surface area contributed by atoms with Crippen molar-refractivity contribution < 1.29 is 13.6 Å². The molecule has 2 heterocycles. The Hall–Kier alpha value is -3.92. The van der Waals surface area contributed by atoms with Crippen LogP contribution in [0.1, 0.15) is 17.5 Å². The molecule has 1 aliphatic rings. The van der Waals surface area contributed by atoms with Crippen LogP contribution < -0.4 is 10.0 Å². The van der Waals surface area contributed by atoms with Crippen molar-refractivity contribution in [3.05, 3.63) is 72.2 Å². The Morgan fingerprint density at radius 2 is 1.88 bits per heavy atom. The van der Waals surface area contributed by atoms with E-state index in [-0.39, 0.29) is 0 Å². The molecule has 0 amide bonds. The number of hydrogen-bond donors (Lipinski definition) is 3. The first-order chi connectivity index (χ1) is 15.4. The number of aryl methyl sites for hydroxylation is 1. The highest BCUT2D eigenvalue weighted by molar-refractivity contribution is 7.92. The predicted molar refractivity (Wildman–Crippen MR) is 123 cm³/mol. The predicted octanol–water partition coefficient (Wildman–Crippen LogP) is 3.64. The Bertz CT molecular complexity index is 1460. The van der Waals surface area contributed by atoms with Crippen LogP contribution in [-0.2, 0) is 16.4 Å². The lowest BCUT2D eigenvalue weighted by molar-refractivity contribution is 0.318. The van der Waals surface area contributed by atoms with Crippen molar-refractivity contribution in [2.45, 2.75) is 12.8 Å². The summed E-state index contributed by atoms with van der Waals surface area (Å²) in [5, 5.41) is 16.0. The lowest BCUT2D eigenvalue weighted by Crippen LogP contribution is -2.09. The Morgan fingerprint density at radius 3 is 2.62 bits per heavy atom. The van der Waals surface area contributed by atoms with E-state index in [1.165, 1.54) is 0 Å². The van der Waals surface area contributed by atoms with Gasteiger partial charge in [0.1, 0.15) is 11.5 Å². The first kappa shape index (κ1) is 20.0. The zero-order chi connectivity index (χ0) is 22.3. The first-order valence-corrected chi connectivity index (χ1v) is 11.8. The van der Waals surface area contributed by atoms with Crippen LogP contribution in [0.25, 0.3) is 16.9 Å².